The van der Waals surface area contributed by atoms with Gasteiger partial charge in [-0.05, 0) is 122 Å². The molecule has 0 bridgehead atoms. The van der Waals surface area contributed by atoms with Gasteiger partial charge in [0.25, 0.3) is 0 Å². The van der Waals surface area contributed by atoms with Gasteiger partial charge < -0.3 is 4.74 Å². The third-order valence-corrected chi connectivity index (χ3v) is 14.9. The van der Waals surface area contributed by atoms with Crippen molar-refractivity contribution in [2.45, 2.75) is 68.2 Å². The monoisotopic (exact) mass is 700 g/mol. The third-order valence-electron chi connectivity index (χ3n) is 10.1. The lowest BCUT2D eigenvalue weighted by molar-refractivity contribution is 0.478. The quantitative estimate of drug-likeness (QED) is 0.158. The van der Waals surface area contributed by atoms with Crippen molar-refractivity contribution in [3.8, 4) is 11.5 Å². The first-order chi connectivity index (χ1) is 24.5. The first-order valence-corrected chi connectivity index (χ1v) is 20.8. The molecule has 254 valence electrons. The SMILES string of the molecule is Cc1cc(C)cc(P(c2cc(C)cc(C)c2)c2cccc3c2Oc2c(P(c4cc(C)cc(C)c4)c4cc(C)cc(C)c4)ccc4c2=C3CCC=4)c1. The summed E-state index contributed by atoms with van der Waals surface area (Å²) in [6.45, 7) is 17.8. The number of benzene rings is 6. The van der Waals surface area contributed by atoms with E-state index in [1.807, 2.05) is 0 Å². The minimum absolute atomic E-state index is 0.899. The standard InChI is InChI=1S/C48H46OP2/c1-29-17-30(2)22-38(21-29)50(39-23-31(3)18-32(4)24-39)44-14-10-13-43-42-12-9-11-37-15-16-45(48(46(37)42)49-47(43)44)51(40-25-33(5)19-34(6)26-40)41-27-35(7)20-36(8)28-41/h10-11,13-28H,9,12H2,1-8H3. The summed E-state index contributed by atoms with van der Waals surface area (Å²) in [5.41, 5.74) is 13.1. The van der Waals surface area contributed by atoms with Gasteiger partial charge in [0.2, 0.25) is 0 Å². The highest BCUT2D eigenvalue weighted by molar-refractivity contribution is 7.80. The normalized spacial score (nSPS) is 13.2. The number of fused-ring (bicyclic) bond motifs is 2. The van der Waals surface area contributed by atoms with Gasteiger partial charge in [-0.15, -0.1) is 0 Å². The number of rotatable bonds is 6. The molecule has 51 heavy (non-hydrogen) atoms. The minimum atomic E-state index is -0.904. The van der Waals surface area contributed by atoms with Crippen LogP contribution in [0.4, 0.5) is 0 Å². The molecule has 0 unspecified atom stereocenters. The number of ether oxygens (including phenoxy) is 1. The van der Waals surface area contributed by atoms with Gasteiger partial charge in [0, 0.05) is 21.4 Å². The molecule has 2 aliphatic rings. The Hall–Kier alpha value is -4.28. The summed E-state index contributed by atoms with van der Waals surface area (Å²) in [7, 11) is -1.80. The van der Waals surface area contributed by atoms with Gasteiger partial charge in [-0.3, -0.25) is 0 Å². The van der Waals surface area contributed by atoms with E-state index in [0.717, 1.165) is 24.3 Å². The van der Waals surface area contributed by atoms with Crippen molar-refractivity contribution in [3.05, 3.63) is 164 Å². The van der Waals surface area contributed by atoms with Crippen LogP contribution in [-0.4, -0.2) is 0 Å². The van der Waals surface area contributed by atoms with Crippen molar-refractivity contribution in [1.29, 1.82) is 0 Å². The van der Waals surface area contributed by atoms with Gasteiger partial charge in [0.15, 0.2) is 0 Å². The Morgan fingerprint density at radius 3 is 1.29 bits per heavy atom. The number of hydrogen-bond donors (Lipinski definition) is 0. The Balaban J connectivity index is 1.42. The summed E-state index contributed by atoms with van der Waals surface area (Å²) in [5.74, 6) is 2.10. The van der Waals surface area contributed by atoms with Crippen LogP contribution in [0.3, 0.4) is 0 Å². The molecule has 0 saturated carbocycles. The van der Waals surface area contributed by atoms with Crippen molar-refractivity contribution in [1.82, 2.24) is 0 Å². The highest BCUT2D eigenvalue weighted by atomic mass is 31.1. The van der Waals surface area contributed by atoms with E-state index < -0.39 is 15.8 Å². The van der Waals surface area contributed by atoms with Gasteiger partial charge >= 0.3 is 0 Å². The third kappa shape index (κ3) is 6.41. The van der Waals surface area contributed by atoms with Gasteiger partial charge in [-0.2, -0.15) is 0 Å². The van der Waals surface area contributed by atoms with Crippen molar-refractivity contribution in [2.75, 3.05) is 0 Å². The zero-order valence-electron chi connectivity index (χ0n) is 31.1. The van der Waals surface area contributed by atoms with Crippen LogP contribution in [0.1, 0.15) is 62.9 Å². The van der Waals surface area contributed by atoms with Crippen LogP contribution >= 0.6 is 15.8 Å². The fourth-order valence-electron chi connectivity index (χ4n) is 8.44. The average Bonchev–Trinajstić information content (AvgIpc) is 3.05. The molecule has 1 heterocycles. The average molecular weight is 701 g/mol. The molecule has 0 N–H and O–H groups in total. The molecule has 0 radical (unpaired) electrons. The van der Waals surface area contributed by atoms with Gasteiger partial charge in [-0.1, -0.05) is 148 Å². The Morgan fingerprint density at radius 2 is 0.863 bits per heavy atom. The molecule has 1 nitrogen and oxygen atoms in total. The molecule has 0 amide bonds. The number of hydrogen-bond acceptors (Lipinski definition) is 1. The van der Waals surface area contributed by atoms with Crippen LogP contribution in [-0.2, 0) is 0 Å². The summed E-state index contributed by atoms with van der Waals surface area (Å²) < 4.78 is 7.57. The number of para-hydroxylation sites is 1. The molecule has 1 aliphatic heterocycles. The summed E-state index contributed by atoms with van der Waals surface area (Å²) in [6.07, 6.45) is 4.47. The first-order valence-electron chi connectivity index (χ1n) is 18.1. The second-order valence-corrected chi connectivity index (χ2v) is 19.3. The highest BCUT2D eigenvalue weighted by Gasteiger charge is 2.32. The summed E-state index contributed by atoms with van der Waals surface area (Å²) in [5, 5.41) is 10.7. The van der Waals surface area contributed by atoms with Crippen LogP contribution in [0.2, 0.25) is 0 Å². The Kier molecular flexibility index (Phi) is 8.87. The predicted molar refractivity (Wildman–Crippen MR) is 224 cm³/mol. The Labute approximate surface area is 306 Å². The first kappa shape index (κ1) is 33.8. The minimum Gasteiger partial charge on any atom is -0.455 e. The molecule has 0 atom stereocenters. The highest BCUT2D eigenvalue weighted by Crippen LogP contribution is 2.45. The molecule has 6 aromatic rings. The molecule has 1 aliphatic carbocycles. The molecular weight excluding hydrogens is 654 g/mol. The lowest BCUT2D eigenvalue weighted by Crippen LogP contribution is -2.39. The van der Waals surface area contributed by atoms with Crippen LogP contribution < -0.4 is 47.0 Å². The van der Waals surface area contributed by atoms with Crippen LogP contribution in [0.15, 0.2) is 103 Å². The maximum absolute atomic E-state index is 7.57. The lowest BCUT2D eigenvalue weighted by atomic mass is 9.91. The fourth-order valence-corrected chi connectivity index (χ4v) is 14.0. The molecule has 0 aromatic heterocycles. The Bertz CT molecular complexity index is 2320. The largest absolute Gasteiger partial charge is 0.455 e. The zero-order chi connectivity index (χ0) is 35.6. The van der Waals surface area contributed by atoms with Crippen molar-refractivity contribution in [3.63, 3.8) is 0 Å². The van der Waals surface area contributed by atoms with E-state index in [0.29, 0.717) is 0 Å². The molecule has 6 aromatic carbocycles. The van der Waals surface area contributed by atoms with E-state index in [-0.39, 0.29) is 0 Å². The van der Waals surface area contributed by atoms with Gasteiger partial charge in [0.1, 0.15) is 11.5 Å². The van der Waals surface area contributed by atoms with Gasteiger partial charge in [0.05, 0.1) is 0 Å². The maximum Gasteiger partial charge on any atom is 0.143 e. The van der Waals surface area contributed by atoms with Crippen molar-refractivity contribution in [2.24, 2.45) is 0 Å². The molecular formula is C48H46OP2. The van der Waals surface area contributed by atoms with Crippen LogP contribution in [0.25, 0.3) is 11.6 Å². The second-order valence-electron chi connectivity index (χ2n) is 14.9. The predicted octanol–water partition coefficient (Wildman–Crippen LogP) is 8.55. The summed E-state index contributed by atoms with van der Waals surface area (Å²) >= 11 is 0. The van der Waals surface area contributed by atoms with E-state index in [1.165, 1.54) is 97.9 Å². The summed E-state index contributed by atoms with van der Waals surface area (Å²) in [4.78, 5) is 0. The summed E-state index contributed by atoms with van der Waals surface area (Å²) in [6, 6.07) is 40.1. The fraction of sp³-hybridized carbons (Fsp3) is 0.208. The number of aryl methyl sites for hydroxylation is 8. The molecule has 0 spiro atoms. The molecule has 0 fully saturated rings. The lowest BCUT2D eigenvalue weighted by Gasteiger charge is -2.31. The van der Waals surface area contributed by atoms with Crippen molar-refractivity contribution < 1.29 is 4.74 Å². The van der Waals surface area contributed by atoms with E-state index in [9.17, 15) is 0 Å². The van der Waals surface area contributed by atoms with Gasteiger partial charge in [-0.25, -0.2) is 0 Å². The molecule has 8 rings (SSSR count). The van der Waals surface area contributed by atoms with E-state index >= 15 is 0 Å². The van der Waals surface area contributed by atoms with Crippen LogP contribution in [0, 0.1) is 55.4 Å². The Morgan fingerprint density at radius 1 is 0.451 bits per heavy atom. The van der Waals surface area contributed by atoms with E-state index in [1.54, 1.807) is 0 Å². The van der Waals surface area contributed by atoms with Crippen LogP contribution in [0.5, 0.6) is 11.5 Å². The maximum atomic E-state index is 7.57. The molecule has 3 heteroatoms. The van der Waals surface area contributed by atoms with E-state index in [2.05, 4.69) is 165 Å². The molecule has 0 saturated heterocycles. The topological polar surface area (TPSA) is 9.23 Å². The second kappa shape index (κ2) is 13.4. The smallest absolute Gasteiger partial charge is 0.143 e. The zero-order valence-corrected chi connectivity index (χ0v) is 32.9. The van der Waals surface area contributed by atoms with E-state index in [4.69, 9.17) is 4.74 Å². The van der Waals surface area contributed by atoms with Crippen molar-refractivity contribution >= 4 is 59.3 Å².